The first kappa shape index (κ1) is 15.4. The summed E-state index contributed by atoms with van der Waals surface area (Å²) in [6, 6.07) is 2.13. The monoisotopic (exact) mass is 330 g/mol. The number of aliphatic hydroxyl groups excluding tert-OH is 1. The fraction of sp³-hybridized carbons (Fsp3) is 0.0833. The highest BCUT2D eigenvalue weighted by molar-refractivity contribution is 7.93. The van der Waals surface area contributed by atoms with Crippen molar-refractivity contribution in [3.8, 4) is 11.8 Å². The normalized spacial score (nSPS) is 10.8. The molecule has 9 heteroatoms. The Morgan fingerprint density at radius 2 is 2.14 bits per heavy atom. The average Bonchev–Trinajstić information content (AvgIpc) is 2.86. The SMILES string of the molecule is O=S(=O)(Nc1ncc(C#CCO)s1)c1cc(F)ccc1F. The van der Waals surface area contributed by atoms with Crippen molar-refractivity contribution in [3.63, 3.8) is 0 Å². The second-order valence-electron chi connectivity index (χ2n) is 3.67. The second kappa shape index (κ2) is 6.17. The largest absolute Gasteiger partial charge is 0.384 e. The molecule has 0 aliphatic carbocycles. The Morgan fingerprint density at radius 3 is 2.86 bits per heavy atom. The Balaban J connectivity index is 2.29. The lowest BCUT2D eigenvalue weighted by molar-refractivity contribution is 0.350. The third kappa shape index (κ3) is 3.75. The van der Waals surface area contributed by atoms with Crippen LogP contribution in [0.2, 0.25) is 0 Å². The molecule has 2 rings (SSSR count). The van der Waals surface area contributed by atoms with Gasteiger partial charge in [0.15, 0.2) is 5.13 Å². The van der Waals surface area contributed by atoms with Crippen LogP contribution in [-0.2, 0) is 10.0 Å². The molecule has 0 fully saturated rings. The van der Waals surface area contributed by atoms with Crippen molar-refractivity contribution >= 4 is 26.5 Å². The zero-order chi connectivity index (χ0) is 15.5. The van der Waals surface area contributed by atoms with E-state index in [4.69, 9.17) is 5.11 Å². The molecule has 1 aromatic heterocycles. The van der Waals surface area contributed by atoms with Gasteiger partial charge in [0.1, 0.15) is 23.1 Å². The Morgan fingerprint density at radius 1 is 1.38 bits per heavy atom. The third-order valence-electron chi connectivity index (χ3n) is 2.20. The van der Waals surface area contributed by atoms with E-state index in [9.17, 15) is 17.2 Å². The van der Waals surface area contributed by atoms with Crippen LogP contribution in [0.4, 0.5) is 13.9 Å². The molecule has 2 N–H and O–H groups in total. The highest BCUT2D eigenvalue weighted by atomic mass is 32.2. The molecule has 0 aliphatic rings. The van der Waals surface area contributed by atoms with Gasteiger partial charge in [0.2, 0.25) is 0 Å². The van der Waals surface area contributed by atoms with Crippen molar-refractivity contribution in [2.75, 3.05) is 11.3 Å². The number of thiazole rings is 1. The second-order valence-corrected chi connectivity index (χ2v) is 6.35. The first-order valence-corrected chi connectivity index (χ1v) is 7.76. The van der Waals surface area contributed by atoms with E-state index in [0.29, 0.717) is 10.9 Å². The van der Waals surface area contributed by atoms with Crippen LogP contribution < -0.4 is 4.72 Å². The summed E-state index contributed by atoms with van der Waals surface area (Å²) in [7, 11) is -4.29. The number of aliphatic hydroxyl groups is 1. The van der Waals surface area contributed by atoms with Crippen LogP contribution in [-0.4, -0.2) is 25.1 Å². The number of hydrogen-bond acceptors (Lipinski definition) is 5. The van der Waals surface area contributed by atoms with Gasteiger partial charge < -0.3 is 5.11 Å². The Labute approximate surface area is 123 Å². The standard InChI is InChI=1S/C12H8F2N2O3S2/c13-8-3-4-10(14)11(6-8)21(18,19)16-12-15-7-9(20-12)2-1-5-17/h3-4,6-7,17H,5H2,(H,15,16). The average molecular weight is 330 g/mol. The summed E-state index contributed by atoms with van der Waals surface area (Å²) in [6.07, 6.45) is 1.30. The molecule has 1 heterocycles. The lowest BCUT2D eigenvalue weighted by Crippen LogP contribution is -2.14. The van der Waals surface area contributed by atoms with Gasteiger partial charge in [0.25, 0.3) is 10.0 Å². The Hall–Kier alpha value is -2.02. The smallest absolute Gasteiger partial charge is 0.266 e. The van der Waals surface area contributed by atoms with Gasteiger partial charge in [0.05, 0.1) is 11.1 Å². The molecule has 0 bridgehead atoms. The summed E-state index contributed by atoms with van der Waals surface area (Å²) in [4.78, 5) is 3.37. The minimum Gasteiger partial charge on any atom is -0.384 e. The van der Waals surface area contributed by atoms with Crippen LogP contribution in [0.15, 0.2) is 29.3 Å². The molecule has 0 saturated heterocycles. The molecule has 0 saturated carbocycles. The van der Waals surface area contributed by atoms with Crippen molar-refractivity contribution in [2.45, 2.75) is 4.90 Å². The van der Waals surface area contributed by atoms with Gasteiger partial charge in [-0.25, -0.2) is 22.2 Å². The number of rotatable bonds is 3. The molecule has 0 spiro atoms. The number of nitrogens with zero attached hydrogens (tertiary/aromatic N) is 1. The van der Waals surface area contributed by atoms with E-state index in [0.717, 1.165) is 23.5 Å². The van der Waals surface area contributed by atoms with Crippen LogP contribution in [0.3, 0.4) is 0 Å². The van der Waals surface area contributed by atoms with Crippen molar-refractivity contribution < 1.29 is 22.3 Å². The summed E-state index contributed by atoms with van der Waals surface area (Å²) in [5.41, 5.74) is 0. The predicted octanol–water partition coefficient (Wildman–Crippen LogP) is 1.57. The van der Waals surface area contributed by atoms with Crippen LogP contribution in [0.1, 0.15) is 4.88 Å². The van der Waals surface area contributed by atoms with E-state index in [-0.39, 0.29) is 11.7 Å². The van der Waals surface area contributed by atoms with Gasteiger partial charge in [-0.05, 0) is 18.2 Å². The van der Waals surface area contributed by atoms with Crippen LogP contribution >= 0.6 is 11.3 Å². The summed E-state index contributed by atoms with van der Waals surface area (Å²) >= 11 is 0.902. The molecule has 5 nitrogen and oxygen atoms in total. The lowest BCUT2D eigenvalue weighted by atomic mass is 10.3. The molecule has 0 unspecified atom stereocenters. The fourth-order valence-electron chi connectivity index (χ4n) is 1.36. The van der Waals surface area contributed by atoms with Crippen LogP contribution in [0.5, 0.6) is 0 Å². The lowest BCUT2D eigenvalue weighted by Gasteiger charge is -2.06. The third-order valence-corrected chi connectivity index (χ3v) is 4.51. The van der Waals surface area contributed by atoms with E-state index in [1.54, 1.807) is 0 Å². The van der Waals surface area contributed by atoms with Gasteiger partial charge >= 0.3 is 0 Å². The number of aromatic nitrogens is 1. The molecule has 0 atom stereocenters. The Bertz CT molecular complexity index is 823. The van der Waals surface area contributed by atoms with E-state index >= 15 is 0 Å². The number of hydrogen-bond donors (Lipinski definition) is 2. The molecule has 0 radical (unpaired) electrons. The van der Waals surface area contributed by atoms with Crippen LogP contribution in [0, 0.1) is 23.5 Å². The van der Waals surface area contributed by atoms with E-state index in [2.05, 4.69) is 16.8 Å². The Kier molecular flexibility index (Phi) is 4.52. The first-order valence-electron chi connectivity index (χ1n) is 5.46. The first-order chi connectivity index (χ1) is 9.92. The highest BCUT2D eigenvalue weighted by Gasteiger charge is 2.21. The number of sulfonamides is 1. The number of halogens is 2. The van der Waals surface area contributed by atoms with E-state index in [1.807, 2.05) is 4.72 Å². The van der Waals surface area contributed by atoms with E-state index in [1.165, 1.54) is 6.20 Å². The van der Waals surface area contributed by atoms with E-state index < -0.39 is 26.6 Å². The highest BCUT2D eigenvalue weighted by Crippen LogP contribution is 2.23. The maximum Gasteiger partial charge on any atom is 0.266 e. The van der Waals surface area contributed by atoms with Crippen molar-refractivity contribution in [1.82, 2.24) is 4.98 Å². The molecule has 0 aliphatic heterocycles. The number of anilines is 1. The van der Waals surface area contributed by atoms with Crippen molar-refractivity contribution in [3.05, 3.63) is 40.9 Å². The summed E-state index contributed by atoms with van der Waals surface area (Å²) in [5, 5.41) is 8.51. The minimum absolute atomic E-state index is 0.0408. The zero-order valence-electron chi connectivity index (χ0n) is 10.3. The summed E-state index contributed by atoms with van der Waals surface area (Å²) in [6.45, 7) is -0.340. The predicted molar refractivity (Wildman–Crippen MR) is 73.2 cm³/mol. The maximum absolute atomic E-state index is 13.5. The van der Waals surface area contributed by atoms with Gasteiger partial charge in [0, 0.05) is 0 Å². The molecule has 21 heavy (non-hydrogen) atoms. The minimum atomic E-state index is -4.29. The fourth-order valence-corrected chi connectivity index (χ4v) is 3.38. The van der Waals surface area contributed by atoms with Gasteiger partial charge in [-0.2, -0.15) is 0 Å². The molecule has 0 amide bonds. The topological polar surface area (TPSA) is 79.3 Å². The quantitative estimate of drug-likeness (QED) is 0.837. The maximum atomic E-state index is 13.5. The molecular weight excluding hydrogens is 322 g/mol. The molecule has 110 valence electrons. The van der Waals surface area contributed by atoms with Gasteiger partial charge in [-0.1, -0.05) is 23.2 Å². The van der Waals surface area contributed by atoms with Crippen LogP contribution in [0.25, 0.3) is 0 Å². The van der Waals surface area contributed by atoms with Gasteiger partial charge in [-0.3, -0.25) is 4.72 Å². The molecule has 2 aromatic rings. The molecule has 1 aromatic carbocycles. The summed E-state index contributed by atoms with van der Waals surface area (Å²) < 4.78 is 52.5. The number of benzene rings is 1. The molecular formula is C12H8F2N2O3S2. The van der Waals surface area contributed by atoms with Gasteiger partial charge in [-0.15, -0.1) is 0 Å². The summed E-state index contributed by atoms with van der Waals surface area (Å²) in [5.74, 6) is 2.99. The zero-order valence-corrected chi connectivity index (χ0v) is 11.9. The van der Waals surface area contributed by atoms with Crippen molar-refractivity contribution in [1.29, 1.82) is 0 Å². The van der Waals surface area contributed by atoms with Crippen molar-refractivity contribution in [2.24, 2.45) is 0 Å². The number of nitrogens with one attached hydrogen (secondary N) is 1.